The minimum Gasteiger partial charge on any atom is -0.399 e. The molecule has 0 spiro atoms. The predicted octanol–water partition coefficient (Wildman–Crippen LogP) is 3.93. The van der Waals surface area contributed by atoms with Crippen LogP contribution in [0.5, 0.6) is 0 Å². The minimum absolute atomic E-state index is 0.0106. The SMILES string of the molecule is CC(C)NC(=O)[C@H]1CCC[C@@H]1Nc1nc(Nc2ccc(N)cc2)ncc1C(F)(F)F. The second-order valence-corrected chi connectivity index (χ2v) is 7.65. The number of carbonyl (C=O) groups excluding carboxylic acids is 1. The Balaban J connectivity index is 1.85. The van der Waals surface area contributed by atoms with Crippen LogP contribution in [0.3, 0.4) is 0 Å². The lowest BCUT2D eigenvalue weighted by molar-refractivity contribution is -0.137. The monoisotopic (exact) mass is 422 g/mol. The van der Waals surface area contributed by atoms with Gasteiger partial charge in [-0.3, -0.25) is 4.79 Å². The maximum atomic E-state index is 13.5. The van der Waals surface area contributed by atoms with Gasteiger partial charge in [-0.2, -0.15) is 18.2 Å². The third kappa shape index (κ3) is 5.31. The van der Waals surface area contributed by atoms with Crippen LogP contribution in [-0.4, -0.2) is 28.0 Å². The van der Waals surface area contributed by atoms with Crippen molar-refractivity contribution in [2.24, 2.45) is 5.92 Å². The first-order chi connectivity index (χ1) is 14.1. The molecule has 1 heterocycles. The van der Waals surface area contributed by atoms with E-state index >= 15 is 0 Å². The Hall–Kier alpha value is -3.04. The molecule has 1 aromatic carbocycles. The highest BCUT2D eigenvalue weighted by Crippen LogP contribution is 2.36. The summed E-state index contributed by atoms with van der Waals surface area (Å²) in [6, 6.07) is 6.17. The van der Waals surface area contributed by atoms with E-state index in [2.05, 4.69) is 25.9 Å². The summed E-state index contributed by atoms with van der Waals surface area (Å²) in [5, 5.41) is 8.57. The average molecular weight is 422 g/mol. The molecule has 0 aliphatic heterocycles. The number of benzene rings is 1. The molecule has 162 valence electrons. The summed E-state index contributed by atoms with van der Waals surface area (Å²) in [6.07, 6.45) is -1.95. The third-order valence-corrected chi connectivity index (χ3v) is 4.87. The third-order valence-electron chi connectivity index (χ3n) is 4.87. The molecule has 0 unspecified atom stereocenters. The fourth-order valence-electron chi connectivity index (χ4n) is 3.47. The molecule has 0 bridgehead atoms. The number of hydrogen-bond acceptors (Lipinski definition) is 6. The summed E-state index contributed by atoms with van der Waals surface area (Å²) in [6.45, 7) is 3.69. The van der Waals surface area contributed by atoms with E-state index in [0.29, 0.717) is 24.2 Å². The standard InChI is InChI=1S/C20H25F3N6O/c1-11(2)26-18(30)14-4-3-5-16(14)28-17-15(20(21,22)23)10-25-19(29-17)27-13-8-6-12(24)7-9-13/h6-11,14,16H,3-5,24H2,1-2H3,(H,26,30)(H2,25,27,28,29)/t14-,16-/m0/s1. The summed E-state index contributed by atoms with van der Waals surface area (Å²) in [5.41, 5.74) is 5.82. The molecular weight excluding hydrogens is 397 g/mol. The smallest absolute Gasteiger partial charge is 0.399 e. The van der Waals surface area contributed by atoms with Crippen molar-refractivity contribution in [3.05, 3.63) is 36.0 Å². The van der Waals surface area contributed by atoms with Gasteiger partial charge in [-0.25, -0.2) is 4.98 Å². The zero-order chi connectivity index (χ0) is 21.9. The van der Waals surface area contributed by atoms with Crippen LogP contribution in [0.25, 0.3) is 0 Å². The van der Waals surface area contributed by atoms with E-state index in [1.54, 1.807) is 24.3 Å². The lowest BCUT2D eigenvalue weighted by Crippen LogP contribution is -2.41. The Morgan fingerprint density at radius 3 is 2.53 bits per heavy atom. The quantitative estimate of drug-likeness (QED) is 0.526. The van der Waals surface area contributed by atoms with Crippen LogP contribution in [-0.2, 0) is 11.0 Å². The summed E-state index contributed by atoms with van der Waals surface area (Å²) in [7, 11) is 0. The maximum Gasteiger partial charge on any atom is 0.421 e. The normalized spacial score (nSPS) is 19.0. The summed E-state index contributed by atoms with van der Waals surface area (Å²) < 4.78 is 40.6. The van der Waals surface area contributed by atoms with Crippen molar-refractivity contribution in [3.63, 3.8) is 0 Å². The Morgan fingerprint density at radius 2 is 1.90 bits per heavy atom. The van der Waals surface area contributed by atoms with E-state index in [9.17, 15) is 18.0 Å². The second-order valence-electron chi connectivity index (χ2n) is 7.65. The molecule has 5 N–H and O–H groups in total. The van der Waals surface area contributed by atoms with Crippen molar-refractivity contribution in [1.29, 1.82) is 0 Å². The van der Waals surface area contributed by atoms with E-state index in [-0.39, 0.29) is 23.7 Å². The van der Waals surface area contributed by atoms with Gasteiger partial charge in [0.1, 0.15) is 11.4 Å². The topological polar surface area (TPSA) is 105 Å². The fourth-order valence-corrected chi connectivity index (χ4v) is 3.47. The van der Waals surface area contributed by atoms with Gasteiger partial charge in [0.25, 0.3) is 0 Å². The van der Waals surface area contributed by atoms with Gasteiger partial charge in [-0.05, 0) is 51.0 Å². The molecule has 2 atom stereocenters. The number of carbonyl (C=O) groups is 1. The number of hydrogen-bond donors (Lipinski definition) is 4. The highest BCUT2D eigenvalue weighted by atomic mass is 19.4. The van der Waals surface area contributed by atoms with Gasteiger partial charge in [0, 0.05) is 29.7 Å². The van der Waals surface area contributed by atoms with Gasteiger partial charge in [0.05, 0.1) is 5.92 Å². The molecule has 1 aliphatic carbocycles. The van der Waals surface area contributed by atoms with Crippen molar-refractivity contribution >= 4 is 29.0 Å². The van der Waals surface area contributed by atoms with Gasteiger partial charge in [-0.15, -0.1) is 0 Å². The largest absolute Gasteiger partial charge is 0.421 e. The van der Waals surface area contributed by atoms with Crippen molar-refractivity contribution < 1.29 is 18.0 Å². The zero-order valence-electron chi connectivity index (χ0n) is 16.8. The second kappa shape index (κ2) is 8.76. The number of nitrogens with zero attached hydrogens (tertiary/aromatic N) is 2. The number of halogens is 3. The van der Waals surface area contributed by atoms with E-state index in [1.807, 2.05) is 13.8 Å². The fraction of sp³-hybridized carbons (Fsp3) is 0.450. The lowest BCUT2D eigenvalue weighted by atomic mass is 10.0. The molecule has 1 fully saturated rings. The summed E-state index contributed by atoms with van der Waals surface area (Å²) in [5.74, 6) is -0.916. The molecule has 1 saturated carbocycles. The zero-order valence-corrected chi connectivity index (χ0v) is 16.8. The van der Waals surface area contributed by atoms with Gasteiger partial charge in [0.15, 0.2) is 0 Å². The number of aromatic nitrogens is 2. The number of alkyl halides is 3. The number of anilines is 4. The number of nitrogen functional groups attached to an aromatic ring is 1. The molecule has 0 saturated heterocycles. The molecule has 10 heteroatoms. The van der Waals surface area contributed by atoms with E-state index in [4.69, 9.17) is 5.73 Å². The minimum atomic E-state index is -4.63. The van der Waals surface area contributed by atoms with Crippen LogP contribution in [0.15, 0.2) is 30.5 Å². The van der Waals surface area contributed by atoms with Gasteiger partial charge < -0.3 is 21.7 Å². The van der Waals surface area contributed by atoms with Crippen LogP contribution in [0.2, 0.25) is 0 Å². The molecule has 2 aromatic rings. The predicted molar refractivity (Wildman–Crippen MR) is 109 cm³/mol. The van der Waals surface area contributed by atoms with Crippen molar-refractivity contribution in [3.8, 4) is 0 Å². The van der Waals surface area contributed by atoms with Crippen LogP contribution < -0.4 is 21.7 Å². The first kappa shape index (κ1) is 21.7. The average Bonchev–Trinajstić information content (AvgIpc) is 3.10. The Bertz CT molecular complexity index is 885. The molecule has 7 nitrogen and oxygen atoms in total. The number of nitrogens with two attached hydrogens (primary N) is 1. The molecule has 0 radical (unpaired) electrons. The summed E-state index contributed by atoms with van der Waals surface area (Å²) >= 11 is 0. The van der Waals surface area contributed by atoms with Crippen molar-refractivity contribution in [2.75, 3.05) is 16.4 Å². The Morgan fingerprint density at radius 1 is 1.20 bits per heavy atom. The molecular formula is C20H25F3N6O. The first-order valence-electron chi connectivity index (χ1n) is 9.77. The van der Waals surface area contributed by atoms with Gasteiger partial charge >= 0.3 is 6.18 Å². The van der Waals surface area contributed by atoms with Crippen LogP contribution in [0.1, 0.15) is 38.7 Å². The molecule has 30 heavy (non-hydrogen) atoms. The molecule has 1 aliphatic rings. The van der Waals surface area contributed by atoms with Crippen molar-refractivity contribution in [2.45, 2.75) is 51.4 Å². The molecule has 3 rings (SSSR count). The van der Waals surface area contributed by atoms with E-state index in [1.165, 1.54) is 0 Å². The Labute approximate surface area is 172 Å². The van der Waals surface area contributed by atoms with Crippen molar-refractivity contribution in [1.82, 2.24) is 15.3 Å². The highest BCUT2D eigenvalue weighted by molar-refractivity contribution is 5.80. The van der Waals surface area contributed by atoms with Crippen LogP contribution in [0.4, 0.5) is 36.3 Å². The number of nitrogens with one attached hydrogen (secondary N) is 3. The highest BCUT2D eigenvalue weighted by Gasteiger charge is 2.38. The maximum absolute atomic E-state index is 13.5. The van der Waals surface area contributed by atoms with E-state index in [0.717, 1.165) is 12.6 Å². The summed E-state index contributed by atoms with van der Waals surface area (Å²) in [4.78, 5) is 20.3. The first-order valence-corrected chi connectivity index (χ1v) is 9.77. The lowest BCUT2D eigenvalue weighted by Gasteiger charge is -2.24. The van der Waals surface area contributed by atoms with Crippen LogP contribution in [0, 0.1) is 5.92 Å². The Kier molecular flexibility index (Phi) is 6.33. The van der Waals surface area contributed by atoms with Gasteiger partial charge in [0.2, 0.25) is 11.9 Å². The van der Waals surface area contributed by atoms with Crippen LogP contribution >= 0.6 is 0 Å². The van der Waals surface area contributed by atoms with Gasteiger partial charge in [-0.1, -0.05) is 6.42 Å². The molecule has 1 aromatic heterocycles. The number of amides is 1. The van der Waals surface area contributed by atoms with E-state index < -0.39 is 23.7 Å². The molecule has 1 amide bonds. The number of rotatable bonds is 6.